The van der Waals surface area contributed by atoms with Gasteiger partial charge in [-0.25, -0.2) is 0 Å². The number of carbonyl (C=O) groups is 1. The minimum atomic E-state index is -0.191. The van der Waals surface area contributed by atoms with E-state index in [4.69, 9.17) is 9.15 Å². The fourth-order valence-electron chi connectivity index (χ4n) is 4.83. The van der Waals surface area contributed by atoms with Gasteiger partial charge in [0.15, 0.2) is 5.76 Å². The number of benzene rings is 2. The van der Waals surface area contributed by atoms with Gasteiger partial charge >= 0.3 is 0 Å². The van der Waals surface area contributed by atoms with Gasteiger partial charge in [-0.05, 0) is 56.4 Å². The molecule has 3 aromatic rings. The van der Waals surface area contributed by atoms with E-state index in [0.717, 1.165) is 31.4 Å². The van der Waals surface area contributed by atoms with E-state index in [2.05, 4.69) is 56.3 Å². The van der Waals surface area contributed by atoms with Gasteiger partial charge in [0.1, 0.15) is 0 Å². The number of amides is 1. The Morgan fingerprint density at radius 2 is 1.68 bits per heavy atom. The summed E-state index contributed by atoms with van der Waals surface area (Å²) >= 11 is 0. The van der Waals surface area contributed by atoms with E-state index in [1.807, 2.05) is 23.1 Å². The molecular formula is C27H31NO3. The van der Waals surface area contributed by atoms with Crippen molar-refractivity contribution in [1.29, 1.82) is 0 Å². The minimum absolute atomic E-state index is 0.0264. The van der Waals surface area contributed by atoms with Crippen molar-refractivity contribution in [2.45, 2.75) is 50.7 Å². The molecule has 1 amide bonds. The van der Waals surface area contributed by atoms with Crippen molar-refractivity contribution in [3.05, 3.63) is 95.9 Å². The van der Waals surface area contributed by atoms with Gasteiger partial charge in [0, 0.05) is 25.1 Å². The zero-order chi connectivity index (χ0) is 21.7. The molecule has 31 heavy (non-hydrogen) atoms. The second kappa shape index (κ2) is 9.11. The van der Waals surface area contributed by atoms with E-state index in [1.54, 1.807) is 18.4 Å². The maximum Gasteiger partial charge on any atom is 0.289 e. The third-order valence-corrected chi connectivity index (χ3v) is 6.32. The van der Waals surface area contributed by atoms with Crippen LogP contribution in [0.4, 0.5) is 0 Å². The molecule has 0 aliphatic carbocycles. The Labute approximate surface area is 184 Å². The lowest BCUT2D eigenvalue weighted by atomic mass is 9.67. The number of rotatable bonds is 7. The van der Waals surface area contributed by atoms with Crippen LogP contribution in [0.2, 0.25) is 0 Å². The first-order valence-corrected chi connectivity index (χ1v) is 11.0. The maximum atomic E-state index is 13.3. The van der Waals surface area contributed by atoms with Crippen LogP contribution < -0.4 is 0 Å². The van der Waals surface area contributed by atoms with E-state index in [0.29, 0.717) is 18.8 Å². The molecule has 4 rings (SSSR count). The largest absolute Gasteiger partial charge is 0.459 e. The van der Waals surface area contributed by atoms with Gasteiger partial charge < -0.3 is 14.1 Å². The van der Waals surface area contributed by atoms with Crippen molar-refractivity contribution in [3.63, 3.8) is 0 Å². The van der Waals surface area contributed by atoms with E-state index in [-0.39, 0.29) is 16.9 Å². The normalized spacial score (nSPS) is 20.3. The number of ether oxygens (including phenoxy) is 1. The number of nitrogens with zero attached hydrogens (tertiary/aromatic N) is 1. The van der Waals surface area contributed by atoms with E-state index < -0.39 is 0 Å². The summed E-state index contributed by atoms with van der Waals surface area (Å²) in [7, 11) is 0. The third-order valence-electron chi connectivity index (χ3n) is 6.32. The van der Waals surface area contributed by atoms with Gasteiger partial charge in [0.2, 0.25) is 0 Å². The fourth-order valence-corrected chi connectivity index (χ4v) is 4.83. The standard InChI is InChI=1S/C27H31NO3/c1-26(2)21-27(16-19-31-26,23-12-7-4-8-13-23)15-17-28(20-22-10-5-3-6-11-22)25(29)24-14-9-18-30-24/h3-14,18H,15-17,19-21H2,1-2H3/t27-/m0/s1. The van der Waals surface area contributed by atoms with Crippen LogP contribution >= 0.6 is 0 Å². The fraction of sp³-hybridized carbons (Fsp3) is 0.370. The van der Waals surface area contributed by atoms with Crippen LogP contribution in [0.1, 0.15) is 54.8 Å². The Morgan fingerprint density at radius 3 is 2.32 bits per heavy atom. The summed E-state index contributed by atoms with van der Waals surface area (Å²) in [6.45, 7) is 6.27. The number of furan rings is 1. The molecule has 2 aromatic carbocycles. The first-order chi connectivity index (χ1) is 15.0. The van der Waals surface area contributed by atoms with Crippen molar-refractivity contribution in [3.8, 4) is 0 Å². The van der Waals surface area contributed by atoms with Crippen LogP contribution in [0.3, 0.4) is 0 Å². The van der Waals surface area contributed by atoms with Crippen LogP contribution in [0.5, 0.6) is 0 Å². The molecule has 1 aliphatic rings. The van der Waals surface area contributed by atoms with Crippen molar-refractivity contribution >= 4 is 5.91 Å². The van der Waals surface area contributed by atoms with Crippen LogP contribution in [0.15, 0.2) is 83.5 Å². The summed E-state index contributed by atoms with van der Waals surface area (Å²) in [6, 6.07) is 24.4. The lowest BCUT2D eigenvalue weighted by molar-refractivity contribution is -0.0850. The van der Waals surface area contributed by atoms with Gasteiger partial charge in [-0.1, -0.05) is 60.7 Å². The highest BCUT2D eigenvalue weighted by molar-refractivity contribution is 5.91. The first kappa shape index (κ1) is 21.4. The lowest BCUT2D eigenvalue weighted by Crippen LogP contribution is -2.46. The Kier molecular flexibility index (Phi) is 6.28. The maximum absolute atomic E-state index is 13.3. The Morgan fingerprint density at radius 1 is 0.968 bits per heavy atom. The van der Waals surface area contributed by atoms with E-state index in [9.17, 15) is 4.79 Å². The minimum Gasteiger partial charge on any atom is -0.459 e. The highest BCUT2D eigenvalue weighted by atomic mass is 16.5. The summed E-state index contributed by atoms with van der Waals surface area (Å²) in [5, 5.41) is 0. The molecule has 0 N–H and O–H groups in total. The summed E-state index contributed by atoms with van der Waals surface area (Å²) < 4.78 is 11.5. The average molecular weight is 418 g/mol. The summed E-state index contributed by atoms with van der Waals surface area (Å²) in [5.74, 6) is 0.320. The molecule has 0 bridgehead atoms. The van der Waals surface area contributed by atoms with Crippen LogP contribution in [0.25, 0.3) is 0 Å². The van der Waals surface area contributed by atoms with E-state index in [1.165, 1.54) is 5.56 Å². The molecule has 4 heteroatoms. The molecule has 1 aliphatic heterocycles. The Hall–Kier alpha value is -2.85. The van der Waals surface area contributed by atoms with Gasteiger partial charge in [-0.3, -0.25) is 4.79 Å². The van der Waals surface area contributed by atoms with Crippen LogP contribution in [0, 0.1) is 0 Å². The topological polar surface area (TPSA) is 42.7 Å². The number of hydrogen-bond acceptors (Lipinski definition) is 3. The molecule has 1 atom stereocenters. The highest BCUT2D eigenvalue weighted by Crippen LogP contribution is 2.44. The molecule has 2 heterocycles. The van der Waals surface area contributed by atoms with Gasteiger partial charge in [0.25, 0.3) is 5.91 Å². The predicted octanol–water partition coefficient (Wildman–Crippen LogP) is 5.84. The predicted molar refractivity (Wildman–Crippen MR) is 122 cm³/mol. The van der Waals surface area contributed by atoms with Crippen molar-refractivity contribution in [2.75, 3.05) is 13.2 Å². The third kappa shape index (κ3) is 5.08. The van der Waals surface area contributed by atoms with Crippen molar-refractivity contribution in [1.82, 2.24) is 4.90 Å². The highest BCUT2D eigenvalue weighted by Gasteiger charge is 2.42. The SMILES string of the molecule is CC1(C)C[C@@](CCN(Cc2ccccc2)C(=O)c2ccco2)(c2ccccc2)CCO1. The van der Waals surface area contributed by atoms with Crippen LogP contribution in [-0.2, 0) is 16.7 Å². The molecule has 0 unspecified atom stereocenters. The number of hydrogen-bond donors (Lipinski definition) is 0. The first-order valence-electron chi connectivity index (χ1n) is 11.0. The molecule has 1 aromatic heterocycles. The smallest absolute Gasteiger partial charge is 0.289 e. The van der Waals surface area contributed by atoms with Gasteiger partial charge in [-0.15, -0.1) is 0 Å². The molecule has 1 fully saturated rings. The summed E-state index contributed by atoms with van der Waals surface area (Å²) in [4.78, 5) is 15.2. The number of carbonyl (C=O) groups excluding carboxylic acids is 1. The summed E-state index contributed by atoms with van der Waals surface area (Å²) in [5.41, 5.74) is 2.23. The van der Waals surface area contributed by atoms with E-state index >= 15 is 0 Å². The van der Waals surface area contributed by atoms with Crippen molar-refractivity contribution < 1.29 is 13.9 Å². The van der Waals surface area contributed by atoms with Crippen molar-refractivity contribution in [2.24, 2.45) is 0 Å². The Balaban J connectivity index is 1.60. The molecular weight excluding hydrogens is 386 g/mol. The molecule has 0 radical (unpaired) electrons. The average Bonchev–Trinajstić information content (AvgIpc) is 3.32. The molecule has 162 valence electrons. The lowest BCUT2D eigenvalue weighted by Gasteiger charge is -2.46. The molecule has 0 saturated carbocycles. The molecule has 1 saturated heterocycles. The van der Waals surface area contributed by atoms with Gasteiger partial charge in [0.05, 0.1) is 11.9 Å². The monoisotopic (exact) mass is 417 g/mol. The second-order valence-corrected chi connectivity index (χ2v) is 9.12. The summed E-state index contributed by atoms with van der Waals surface area (Å²) in [6.07, 6.45) is 4.32. The van der Waals surface area contributed by atoms with Gasteiger partial charge in [-0.2, -0.15) is 0 Å². The zero-order valence-corrected chi connectivity index (χ0v) is 18.4. The molecule has 4 nitrogen and oxygen atoms in total. The quantitative estimate of drug-likeness (QED) is 0.485. The van der Waals surface area contributed by atoms with Crippen LogP contribution in [-0.4, -0.2) is 29.6 Å². The second-order valence-electron chi connectivity index (χ2n) is 9.12. The molecule has 0 spiro atoms. The Bertz CT molecular complexity index is 966. The zero-order valence-electron chi connectivity index (χ0n) is 18.4.